The van der Waals surface area contributed by atoms with E-state index in [0.29, 0.717) is 26.8 Å². The van der Waals surface area contributed by atoms with Crippen LogP contribution >= 0.6 is 23.2 Å². The fourth-order valence-corrected chi connectivity index (χ4v) is 3.12. The van der Waals surface area contributed by atoms with Gasteiger partial charge in [0.25, 0.3) is 5.91 Å². The topological polar surface area (TPSA) is 71.3 Å². The molecule has 0 saturated heterocycles. The van der Waals surface area contributed by atoms with Gasteiger partial charge in [0.15, 0.2) is 0 Å². The molecule has 7 heteroatoms. The molecular weight excluding hydrogens is 375 g/mol. The second-order valence-electron chi connectivity index (χ2n) is 5.96. The summed E-state index contributed by atoms with van der Waals surface area (Å²) in [6.45, 7) is 3.78. The van der Waals surface area contributed by atoms with Crippen molar-refractivity contribution in [2.24, 2.45) is 0 Å². The molecule has 0 fully saturated rings. The Balaban J connectivity index is 1.70. The van der Waals surface area contributed by atoms with Crippen LogP contribution in [0, 0.1) is 13.8 Å². The first-order valence-electron chi connectivity index (χ1n) is 7.87. The van der Waals surface area contributed by atoms with Crippen molar-refractivity contribution in [3.05, 3.63) is 68.9 Å². The first-order chi connectivity index (χ1) is 12.4. The molecule has 0 radical (unpaired) electrons. The molecular formula is C19H16Cl2N2O3. The normalized spacial score (nSPS) is 10.8. The number of aryl methyl sites for hydroxylation is 2. The molecule has 26 heavy (non-hydrogen) atoms. The highest BCUT2D eigenvalue weighted by molar-refractivity contribution is 6.33. The van der Waals surface area contributed by atoms with E-state index in [1.807, 2.05) is 19.9 Å². The number of hydrogen-bond donors (Lipinski definition) is 2. The zero-order valence-electron chi connectivity index (χ0n) is 14.2. The summed E-state index contributed by atoms with van der Waals surface area (Å²) in [5, 5.41) is 1.91. The number of nitrogens with one attached hydrogen (secondary N) is 2. The molecule has 0 spiro atoms. The molecule has 3 aromatic rings. The highest BCUT2D eigenvalue weighted by Gasteiger charge is 2.16. The van der Waals surface area contributed by atoms with E-state index in [1.165, 1.54) is 12.3 Å². The minimum atomic E-state index is -0.451. The van der Waals surface area contributed by atoms with Crippen molar-refractivity contribution in [3.8, 4) is 0 Å². The number of fused-ring (bicyclic) bond motifs is 1. The monoisotopic (exact) mass is 390 g/mol. The van der Waals surface area contributed by atoms with Gasteiger partial charge in [0.05, 0.1) is 12.7 Å². The van der Waals surface area contributed by atoms with E-state index >= 15 is 0 Å². The molecule has 0 unspecified atom stereocenters. The first kappa shape index (κ1) is 18.3. The van der Waals surface area contributed by atoms with Crippen molar-refractivity contribution in [1.29, 1.82) is 0 Å². The number of hydrogen-bond acceptors (Lipinski definition) is 3. The Hall–Kier alpha value is -2.50. The molecule has 2 N–H and O–H groups in total. The van der Waals surface area contributed by atoms with E-state index in [-0.39, 0.29) is 12.3 Å². The van der Waals surface area contributed by atoms with Gasteiger partial charge in [-0.25, -0.2) is 0 Å². The maximum absolute atomic E-state index is 12.2. The summed E-state index contributed by atoms with van der Waals surface area (Å²) in [6.07, 6.45) is 1.58. The summed E-state index contributed by atoms with van der Waals surface area (Å²) in [6, 6.07) is 8.28. The van der Waals surface area contributed by atoms with Crippen LogP contribution in [0.25, 0.3) is 11.0 Å². The van der Waals surface area contributed by atoms with E-state index in [9.17, 15) is 9.59 Å². The van der Waals surface area contributed by atoms with Gasteiger partial charge in [-0.3, -0.25) is 20.4 Å². The van der Waals surface area contributed by atoms with Gasteiger partial charge in [0.1, 0.15) is 5.58 Å². The van der Waals surface area contributed by atoms with Crippen molar-refractivity contribution in [2.75, 3.05) is 0 Å². The molecule has 134 valence electrons. The molecule has 5 nitrogen and oxygen atoms in total. The number of halogens is 2. The van der Waals surface area contributed by atoms with Crippen LogP contribution in [-0.2, 0) is 11.2 Å². The van der Waals surface area contributed by atoms with Crippen LogP contribution in [0.4, 0.5) is 0 Å². The smallest absolute Gasteiger partial charge is 0.269 e. The SMILES string of the molecule is Cc1cc2occ(CC(=O)NNC(=O)c3cccc(Cl)c3)c2c(C)c1Cl. The van der Waals surface area contributed by atoms with Crippen molar-refractivity contribution >= 4 is 46.0 Å². The number of amides is 2. The summed E-state index contributed by atoms with van der Waals surface area (Å²) in [5.41, 5.74) is 8.27. The average molecular weight is 391 g/mol. The number of hydrazine groups is 1. The molecule has 0 aliphatic rings. The van der Waals surface area contributed by atoms with Crippen molar-refractivity contribution in [1.82, 2.24) is 10.9 Å². The second kappa shape index (κ2) is 7.40. The number of rotatable bonds is 3. The van der Waals surface area contributed by atoms with Gasteiger partial charge in [-0.2, -0.15) is 0 Å². The second-order valence-corrected chi connectivity index (χ2v) is 6.77. The van der Waals surface area contributed by atoms with Crippen LogP contribution in [0.5, 0.6) is 0 Å². The first-order valence-corrected chi connectivity index (χ1v) is 8.63. The number of furan rings is 1. The highest BCUT2D eigenvalue weighted by Crippen LogP contribution is 2.32. The minimum absolute atomic E-state index is 0.0447. The van der Waals surface area contributed by atoms with Gasteiger partial charge in [-0.05, 0) is 49.2 Å². The molecule has 2 amide bonds. The summed E-state index contributed by atoms with van der Waals surface area (Å²) in [4.78, 5) is 24.2. The van der Waals surface area contributed by atoms with Crippen molar-refractivity contribution < 1.29 is 14.0 Å². The van der Waals surface area contributed by atoms with Gasteiger partial charge in [0.2, 0.25) is 5.91 Å². The number of carbonyl (C=O) groups excluding carboxylic acids is 2. The lowest BCUT2D eigenvalue weighted by atomic mass is 10.0. The molecule has 2 aromatic carbocycles. The molecule has 0 saturated carbocycles. The van der Waals surface area contributed by atoms with E-state index in [1.54, 1.807) is 18.2 Å². The zero-order valence-corrected chi connectivity index (χ0v) is 15.7. The maximum Gasteiger partial charge on any atom is 0.269 e. The van der Waals surface area contributed by atoms with Crippen LogP contribution in [-0.4, -0.2) is 11.8 Å². The summed E-state index contributed by atoms with van der Waals surface area (Å²) >= 11 is 12.1. The standard InChI is InChI=1S/C19H16Cl2N2O3/c1-10-6-15-17(11(2)18(10)21)13(9-26-15)8-16(24)22-23-19(25)12-4-3-5-14(20)7-12/h3-7,9H,8H2,1-2H3,(H,22,24)(H,23,25). The van der Waals surface area contributed by atoms with Crippen molar-refractivity contribution in [2.45, 2.75) is 20.3 Å². The third-order valence-electron chi connectivity index (χ3n) is 4.05. The quantitative estimate of drug-likeness (QED) is 0.652. The Morgan fingerprint density at radius 3 is 2.62 bits per heavy atom. The Bertz CT molecular complexity index is 1010. The van der Waals surface area contributed by atoms with Gasteiger partial charge >= 0.3 is 0 Å². The van der Waals surface area contributed by atoms with Gasteiger partial charge in [-0.15, -0.1) is 0 Å². The average Bonchev–Trinajstić information content (AvgIpc) is 3.00. The number of benzene rings is 2. The number of carbonyl (C=O) groups is 2. The molecule has 0 aliphatic heterocycles. The van der Waals surface area contributed by atoms with E-state index in [2.05, 4.69) is 10.9 Å². The third-order valence-corrected chi connectivity index (χ3v) is 4.86. The van der Waals surface area contributed by atoms with Crippen LogP contribution in [0.1, 0.15) is 27.0 Å². The highest BCUT2D eigenvalue weighted by atomic mass is 35.5. The molecule has 1 heterocycles. The van der Waals surface area contributed by atoms with Crippen LogP contribution in [0.2, 0.25) is 10.0 Å². The van der Waals surface area contributed by atoms with Crippen LogP contribution in [0.3, 0.4) is 0 Å². The Kier molecular flexibility index (Phi) is 5.20. The van der Waals surface area contributed by atoms with Crippen molar-refractivity contribution in [3.63, 3.8) is 0 Å². The summed E-state index contributed by atoms with van der Waals surface area (Å²) < 4.78 is 5.53. The van der Waals surface area contributed by atoms with Gasteiger partial charge in [-0.1, -0.05) is 29.3 Å². The van der Waals surface area contributed by atoms with E-state index in [0.717, 1.165) is 16.5 Å². The molecule has 1 aromatic heterocycles. The van der Waals surface area contributed by atoms with E-state index < -0.39 is 5.91 Å². The predicted octanol–water partition coefficient (Wildman–Crippen LogP) is 4.36. The Labute approximate surface area is 160 Å². The van der Waals surface area contributed by atoms with Crippen LogP contribution < -0.4 is 10.9 Å². The minimum Gasteiger partial charge on any atom is -0.464 e. The fraction of sp³-hybridized carbons (Fsp3) is 0.158. The molecule has 0 aliphatic carbocycles. The fourth-order valence-electron chi connectivity index (χ4n) is 2.78. The Morgan fingerprint density at radius 1 is 1.12 bits per heavy atom. The lowest BCUT2D eigenvalue weighted by Crippen LogP contribution is -2.42. The lowest BCUT2D eigenvalue weighted by Gasteiger charge is -2.08. The van der Waals surface area contributed by atoms with E-state index in [4.69, 9.17) is 27.6 Å². The molecule has 0 bridgehead atoms. The largest absolute Gasteiger partial charge is 0.464 e. The molecule has 3 rings (SSSR count). The van der Waals surface area contributed by atoms with Gasteiger partial charge in [0, 0.05) is 26.6 Å². The summed E-state index contributed by atoms with van der Waals surface area (Å²) in [7, 11) is 0. The zero-order chi connectivity index (χ0) is 18.8. The summed E-state index contributed by atoms with van der Waals surface area (Å²) in [5.74, 6) is -0.827. The maximum atomic E-state index is 12.2. The third kappa shape index (κ3) is 3.69. The predicted molar refractivity (Wildman–Crippen MR) is 101 cm³/mol. The van der Waals surface area contributed by atoms with Crippen LogP contribution in [0.15, 0.2) is 41.0 Å². The Morgan fingerprint density at radius 2 is 1.88 bits per heavy atom. The van der Waals surface area contributed by atoms with Gasteiger partial charge < -0.3 is 4.42 Å². The lowest BCUT2D eigenvalue weighted by molar-refractivity contribution is -0.121. The molecule has 0 atom stereocenters.